The number of aliphatic hydroxyl groups excluding tert-OH is 1. The zero-order valence-electron chi connectivity index (χ0n) is 6.55. The maximum Gasteiger partial charge on any atom is 0.334 e. The summed E-state index contributed by atoms with van der Waals surface area (Å²) in [6, 6.07) is 0. The van der Waals surface area contributed by atoms with Crippen LogP contribution in [0, 0.1) is 0 Å². The number of carbonyl (C=O) groups excluding carboxylic acids is 1. The van der Waals surface area contributed by atoms with Crippen LogP contribution in [0.5, 0.6) is 0 Å². The van der Waals surface area contributed by atoms with Crippen molar-refractivity contribution in [3.63, 3.8) is 0 Å². The molecule has 0 amide bonds. The van der Waals surface area contributed by atoms with Crippen molar-refractivity contribution in [1.29, 1.82) is 0 Å². The molecule has 0 bridgehead atoms. The maximum absolute atomic E-state index is 10.8. The molecule has 0 saturated heterocycles. The number of aliphatic hydroxyl groups is 1. The van der Waals surface area contributed by atoms with Crippen molar-refractivity contribution in [2.45, 2.75) is 25.9 Å². The largest absolute Gasteiger partial charge is 0.464 e. The molecular weight excluding hydrogens is 259 g/mol. The van der Waals surface area contributed by atoms with Gasteiger partial charge in [0.15, 0.2) is 6.10 Å². The van der Waals surface area contributed by atoms with Gasteiger partial charge in [-0.1, -0.05) is 29.5 Å². The van der Waals surface area contributed by atoms with E-state index in [2.05, 4.69) is 22.6 Å². The van der Waals surface area contributed by atoms with Crippen molar-refractivity contribution in [3.8, 4) is 0 Å². The maximum atomic E-state index is 10.8. The number of rotatable bonds is 5. The Labute approximate surface area is 80.3 Å². The summed E-state index contributed by atoms with van der Waals surface area (Å²) >= 11 is 2.11. The van der Waals surface area contributed by atoms with Gasteiger partial charge in [0, 0.05) is 4.43 Å². The minimum absolute atomic E-state index is 0.400. The van der Waals surface area contributed by atoms with E-state index in [4.69, 9.17) is 9.84 Å². The van der Waals surface area contributed by atoms with Crippen LogP contribution in [0.15, 0.2) is 0 Å². The molecule has 0 saturated carbocycles. The third kappa shape index (κ3) is 5.43. The van der Waals surface area contributed by atoms with Crippen LogP contribution < -0.4 is 0 Å². The second kappa shape index (κ2) is 6.84. The van der Waals surface area contributed by atoms with E-state index in [1.807, 2.05) is 6.92 Å². The molecule has 0 aromatic carbocycles. The van der Waals surface area contributed by atoms with Gasteiger partial charge in [-0.25, -0.2) is 4.79 Å². The van der Waals surface area contributed by atoms with E-state index < -0.39 is 12.1 Å². The Bertz CT molecular complexity index is 116. The number of hydrogen-bond donors (Lipinski definition) is 1. The molecule has 0 aliphatic heterocycles. The van der Waals surface area contributed by atoms with E-state index in [0.29, 0.717) is 13.0 Å². The van der Waals surface area contributed by atoms with Crippen LogP contribution in [0.4, 0.5) is 0 Å². The quantitative estimate of drug-likeness (QED) is 0.463. The highest BCUT2D eigenvalue weighted by atomic mass is 127. The summed E-state index contributed by atoms with van der Waals surface area (Å²) in [6.07, 6.45) is 0.338. The molecule has 3 nitrogen and oxygen atoms in total. The van der Waals surface area contributed by atoms with Crippen LogP contribution in [-0.4, -0.2) is 28.2 Å². The monoisotopic (exact) mass is 272 g/mol. The minimum atomic E-state index is -0.932. The van der Waals surface area contributed by atoms with Crippen LogP contribution in [0.25, 0.3) is 0 Å². The SMILES string of the molecule is CCCOC(=O)C(O)CCI. The fourth-order valence-corrected chi connectivity index (χ4v) is 1.11. The molecule has 0 rings (SSSR count). The molecule has 0 heterocycles. The highest BCUT2D eigenvalue weighted by Crippen LogP contribution is 1.98. The molecule has 66 valence electrons. The number of carbonyl (C=O) groups is 1. The normalized spacial score (nSPS) is 12.6. The molecule has 0 radical (unpaired) electrons. The second-order valence-corrected chi connectivity index (χ2v) is 3.24. The van der Waals surface area contributed by atoms with E-state index in [9.17, 15) is 4.79 Å². The highest BCUT2D eigenvalue weighted by molar-refractivity contribution is 14.1. The minimum Gasteiger partial charge on any atom is -0.464 e. The van der Waals surface area contributed by atoms with Crippen LogP contribution in [0.2, 0.25) is 0 Å². The highest BCUT2D eigenvalue weighted by Gasteiger charge is 2.14. The van der Waals surface area contributed by atoms with Gasteiger partial charge in [0.1, 0.15) is 0 Å². The van der Waals surface area contributed by atoms with Gasteiger partial charge in [-0.15, -0.1) is 0 Å². The zero-order valence-corrected chi connectivity index (χ0v) is 8.70. The first-order chi connectivity index (χ1) is 5.22. The molecule has 1 unspecified atom stereocenters. The molecule has 0 spiro atoms. The Morgan fingerprint density at radius 1 is 1.73 bits per heavy atom. The lowest BCUT2D eigenvalue weighted by Crippen LogP contribution is -2.23. The third-order valence-corrected chi connectivity index (χ3v) is 1.73. The van der Waals surface area contributed by atoms with Gasteiger partial charge >= 0.3 is 5.97 Å². The molecular formula is C7H13IO3. The van der Waals surface area contributed by atoms with Crippen molar-refractivity contribution >= 4 is 28.6 Å². The average Bonchev–Trinajstić information content (AvgIpc) is 2.00. The Hall–Kier alpha value is 0.160. The Morgan fingerprint density at radius 2 is 2.36 bits per heavy atom. The van der Waals surface area contributed by atoms with Gasteiger partial charge in [-0.2, -0.15) is 0 Å². The Kier molecular flexibility index (Phi) is 6.94. The van der Waals surface area contributed by atoms with Crippen LogP contribution in [0.1, 0.15) is 19.8 Å². The first kappa shape index (κ1) is 11.2. The first-order valence-corrected chi connectivity index (χ1v) is 5.15. The number of hydrogen-bond acceptors (Lipinski definition) is 3. The molecule has 4 heteroatoms. The Morgan fingerprint density at radius 3 is 2.82 bits per heavy atom. The molecule has 11 heavy (non-hydrogen) atoms. The summed E-state index contributed by atoms with van der Waals surface area (Å²) in [7, 11) is 0. The molecule has 0 aliphatic rings. The third-order valence-electron chi connectivity index (χ3n) is 1.10. The molecule has 1 atom stereocenters. The van der Waals surface area contributed by atoms with Crippen LogP contribution in [-0.2, 0) is 9.53 Å². The van der Waals surface area contributed by atoms with Gasteiger partial charge in [0.2, 0.25) is 0 Å². The lowest BCUT2D eigenvalue weighted by atomic mass is 10.3. The molecule has 0 fully saturated rings. The summed E-state index contributed by atoms with van der Waals surface area (Å²) < 4.78 is 5.48. The van der Waals surface area contributed by atoms with Gasteiger partial charge in [-0.05, 0) is 12.8 Å². The lowest BCUT2D eigenvalue weighted by Gasteiger charge is -2.07. The van der Waals surface area contributed by atoms with E-state index >= 15 is 0 Å². The van der Waals surface area contributed by atoms with Crippen molar-refractivity contribution < 1.29 is 14.6 Å². The van der Waals surface area contributed by atoms with Crippen LogP contribution in [0.3, 0.4) is 0 Å². The number of alkyl halides is 1. The average molecular weight is 272 g/mol. The summed E-state index contributed by atoms with van der Waals surface area (Å²) in [5, 5.41) is 9.06. The zero-order chi connectivity index (χ0) is 8.69. The smallest absolute Gasteiger partial charge is 0.334 e. The van der Waals surface area contributed by atoms with Crippen molar-refractivity contribution in [2.24, 2.45) is 0 Å². The topological polar surface area (TPSA) is 46.5 Å². The molecule has 0 aromatic rings. The standard InChI is InChI=1S/C7H13IO3/c1-2-5-11-7(10)6(9)3-4-8/h6,9H,2-5H2,1H3. The summed E-state index contributed by atoms with van der Waals surface area (Å²) in [5.74, 6) is -0.497. The summed E-state index contributed by atoms with van der Waals surface area (Å²) in [5.41, 5.74) is 0. The summed E-state index contributed by atoms with van der Waals surface area (Å²) in [6.45, 7) is 2.31. The van der Waals surface area contributed by atoms with E-state index in [1.165, 1.54) is 0 Å². The van der Waals surface area contributed by atoms with Gasteiger partial charge in [0.05, 0.1) is 6.61 Å². The van der Waals surface area contributed by atoms with Crippen molar-refractivity contribution in [1.82, 2.24) is 0 Å². The molecule has 1 N–H and O–H groups in total. The first-order valence-electron chi connectivity index (χ1n) is 3.63. The van der Waals surface area contributed by atoms with E-state index in [0.717, 1.165) is 10.8 Å². The Balaban J connectivity index is 3.47. The number of ether oxygens (including phenoxy) is 1. The van der Waals surface area contributed by atoms with Gasteiger partial charge < -0.3 is 9.84 Å². The van der Waals surface area contributed by atoms with Crippen molar-refractivity contribution in [2.75, 3.05) is 11.0 Å². The lowest BCUT2D eigenvalue weighted by molar-refractivity contribution is -0.153. The fraction of sp³-hybridized carbons (Fsp3) is 0.857. The van der Waals surface area contributed by atoms with Gasteiger partial charge in [0.25, 0.3) is 0 Å². The molecule has 0 aromatic heterocycles. The predicted molar refractivity (Wildman–Crippen MR) is 50.8 cm³/mol. The van der Waals surface area contributed by atoms with E-state index in [-0.39, 0.29) is 0 Å². The van der Waals surface area contributed by atoms with Crippen LogP contribution >= 0.6 is 22.6 Å². The van der Waals surface area contributed by atoms with E-state index in [1.54, 1.807) is 0 Å². The number of esters is 1. The summed E-state index contributed by atoms with van der Waals surface area (Å²) in [4.78, 5) is 10.8. The van der Waals surface area contributed by atoms with Crippen molar-refractivity contribution in [3.05, 3.63) is 0 Å². The number of halogens is 1. The second-order valence-electron chi connectivity index (χ2n) is 2.16. The fourth-order valence-electron chi connectivity index (χ4n) is 0.520. The molecule has 0 aliphatic carbocycles. The predicted octanol–water partition coefficient (Wildman–Crippen LogP) is 1.13. The van der Waals surface area contributed by atoms with Gasteiger partial charge in [-0.3, -0.25) is 0 Å².